The molecule has 2 N–H and O–H groups in total. The molecule has 7 heteroatoms. The number of halogens is 1. The molecule has 3 rings (SSSR count). The molecule has 0 saturated carbocycles. The Hall–Kier alpha value is -3.45. The second kappa shape index (κ2) is 9.37. The van der Waals surface area contributed by atoms with Crippen LogP contribution in [0, 0.1) is 5.82 Å². The summed E-state index contributed by atoms with van der Waals surface area (Å²) in [5, 5.41) is 20.1. The third kappa shape index (κ3) is 4.26. The highest BCUT2D eigenvalue weighted by molar-refractivity contribution is 6.46. The third-order valence-electron chi connectivity index (χ3n) is 4.78. The van der Waals surface area contributed by atoms with Gasteiger partial charge >= 0.3 is 0 Å². The number of Topliss-reactive ketones (excluding diaryl/α,β-unsaturated/α-hetero) is 1. The predicted molar refractivity (Wildman–Crippen MR) is 109 cm³/mol. The van der Waals surface area contributed by atoms with E-state index in [1.807, 2.05) is 0 Å². The van der Waals surface area contributed by atoms with Gasteiger partial charge in [-0.05, 0) is 48.4 Å². The van der Waals surface area contributed by atoms with E-state index in [0.29, 0.717) is 23.5 Å². The Morgan fingerprint density at radius 1 is 1.13 bits per heavy atom. The van der Waals surface area contributed by atoms with Crippen LogP contribution in [0.2, 0.25) is 0 Å². The molecular formula is C23H22FNO5. The minimum atomic E-state index is -0.881. The lowest BCUT2D eigenvalue weighted by Crippen LogP contribution is -2.31. The van der Waals surface area contributed by atoms with Gasteiger partial charge < -0.3 is 19.8 Å². The lowest BCUT2D eigenvalue weighted by atomic mass is 9.95. The monoisotopic (exact) mass is 411 g/mol. The van der Waals surface area contributed by atoms with E-state index in [1.54, 1.807) is 30.3 Å². The molecular weight excluding hydrogens is 389 g/mol. The van der Waals surface area contributed by atoms with E-state index in [9.17, 15) is 19.1 Å². The van der Waals surface area contributed by atoms with E-state index in [-0.39, 0.29) is 30.9 Å². The molecule has 1 amide bonds. The van der Waals surface area contributed by atoms with Crippen molar-refractivity contribution in [3.05, 3.63) is 83.7 Å². The summed E-state index contributed by atoms with van der Waals surface area (Å²) in [5.41, 5.74) is 0.749. The molecule has 1 unspecified atom stereocenters. The Morgan fingerprint density at radius 3 is 2.40 bits per heavy atom. The van der Waals surface area contributed by atoms with Crippen molar-refractivity contribution in [2.24, 2.45) is 0 Å². The highest BCUT2D eigenvalue weighted by atomic mass is 19.1. The Bertz CT molecular complexity index is 966. The minimum Gasteiger partial charge on any atom is -0.507 e. The Balaban J connectivity index is 2.05. The number of likely N-dealkylation sites (tertiary alicyclic amines) is 1. The fourth-order valence-electron chi connectivity index (χ4n) is 3.36. The molecule has 0 spiro atoms. The number of hydrogen-bond acceptors (Lipinski definition) is 5. The molecule has 1 saturated heterocycles. The number of aliphatic hydroxyl groups excluding tert-OH is 2. The average Bonchev–Trinajstić information content (AvgIpc) is 3.01. The summed E-state index contributed by atoms with van der Waals surface area (Å²) in [6, 6.07) is 10.9. The number of ether oxygens (including phenoxy) is 1. The molecule has 0 aromatic heterocycles. The zero-order valence-corrected chi connectivity index (χ0v) is 16.3. The third-order valence-corrected chi connectivity index (χ3v) is 4.78. The second-order valence-corrected chi connectivity index (χ2v) is 6.75. The number of rotatable bonds is 8. The van der Waals surface area contributed by atoms with E-state index in [0.717, 1.165) is 0 Å². The van der Waals surface area contributed by atoms with E-state index < -0.39 is 23.5 Å². The maximum Gasteiger partial charge on any atom is 0.295 e. The van der Waals surface area contributed by atoms with Crippen molar-refractivity contribution in [1.29, 1.82) is 0 Å². The molecule has 1 aliphatic heterocycles. The van der Waals surface area contributed by atoms with Gasteiger partial charge in [0, 0.05) is 18.7 Å². The van der Waals surface area contributed by atoms with Gasteiger partial charge in [0.05, 0.1) is 11.6 Å². The summed E-state index contributed by atoms with van der Waals surface area (Å²) in [7, 11) is 0. The lowest BCUT2D eigenvalue weighted by Gasteiger charge is -2.25. The normalized spacial score (nSPS) is 17.9. The Labute approximate surface area is 173 Å². The van der Waals surface area contributed by atoms with Crippen LogP contribution in [-0.2, 0) is 9.59 Å². The van der Waals surface area contributed by atoms with Gasteiger partial charge in [0.25, 0.3) is 11.7 Å². The van der Waals surface area contributed by atoms with Gasteiger partial charge in [0.15, 0.2) is 0 Å². The summed E-state index contributed by atoms with van der Waals surface area (Å²) in [6.45, 7) is 3.86. The van der Waals surface area contributed by atoms with Gasteiger partial charge in [-0.1, -0.05) is 24.8 Å². The van der Waals surface area contributed by atoms with Crippen LogP contribution in [0.25, 0.3) is 5.76 Å². The van der Waals surface area contributed by atoms with Crippen molar-refractivity contribution < 1.29 is 28.9 Å². The highest BCUT2D eigenvalue weighted by Gasteiger charge is 2.45. The first kappa shape index (κ1) is 21.3. The minimum absolute atomic E-state index is 0.0793. The van der Waals surface area contributed by atoms with Gasteiger partial charge in [-0.15, -0.1) is 0 Å². The average molecular weight is 411 g/mol. The molecule has 1 heterocycles. The smallest absolute Gasteiger partial charge is 0.295 e. The zero-order valence-electron chi connectivity index (χ0n) is 16.3. The molecule has 2 aromatic rings. The molecule has 156 valence electrons. The quantitative estimate of drug-likeness (QED) is 0.302. The van der Waals surface area contributed by atoms with E-state index in [2.05, 4.69) is 6.58 Å². The largest absolute Gasteiger partial charge is 0.507 e. The van der Waals surface area contributed by atoms with E-state index >= 15 is 0 Å². The molecule has 0 aliphatic carbocycles. The maximum atomic E-state index is 13.4. The molecule has 30 heavy (non-hydrogen) atoms. The van der Waals surface area contributed by atoms with Crippen molar-refractivity contribution >= 4 is 17.4 Å². The fourth-order valence-corrected chi connectivity index (χ4v) is 3.36. The summed E-state index contributed by atoms with van der Waals surface area (Å²) in [6.07, 6.45) is 1.87. The van der Waals surface area contributed by atoms with Crippen LogP contribution in [0.4, 0.5) is 4.39 Å². The standard InChI is InChI=1S/C23H22FNO5/c1-2-14-30-18-10-6-16(7-11-18)21(27)19-20(15-4-8-17(24)9-5-15)25(12-3-13-26)23(29)22(19)28/h2,4-11,20,26-27H,1,3,12-14H2/b21-19+. The van der Waals surface area contributed by atoms with Crippen LogP contribution in [0.15, 0.2) is 66.8 Å². The van der Waals surface area contributed by atoms with Crippen LogP contribution >= 0.6 is 0 Å². The first-order valence-electron chi connectivity index (χ1n) is 9.46. The first-order chi connectivity index (χ1) is 14.5. The van der Waals surface area contributed by atoms with Gasteiger partial charge in [0.1, 0.15) is 23.9 Å². The summed E-state index contributed by atoms with van der Waals surface area (Å²) >= 11 is 0. The zero-order chi connectivity index (χ0) is 21.7. The number of benzene rings is 2. The van der Waals surface area contributed by atoms with Crippen LogP contribution < -0.4 is 4.74 Å². The van der Waals surface area contributed by atoms with Gasteiger partial charge in [-0.25, -0.2) is 4.39 Å². The molecule has 0 bridgehead atoms. The predicted octanol–water partition coefficient (Wildman–Crippen LogP) is 3.19. The summed E-state index contributed by atoms with van der Waals surface area (Å²) in [5.74, 6) is -1.83. The van der Waals surface area contributed by atoms with E-state index in [4.69, 9.17) is 9.84 Å². The molecule has 1 aliphatic rings. The van der Waals surface area contributed by atoms with Gasteiger partial charge in [0.2, 0.25) is 0 Å². The number of carbonyl (C=O) groups is 2. The number of ketones is 1. The van der Waals surface area contributed by atoms with Crippen molar-refractivity contribution in [2.45, 2.75) is 12.5 Å². The van der Waals surface area contributed by atoms with E-state index in [1.165, 1.54) is 29.2 Å². The Morgan fingerprint density at radius 2 is 1.80 bits per heavy atom. The number of hydrogen-bond donors (Lipinski definition) is 2. The SMILES string of the molecule is C=CCOc1ccc(/C(O)=C2\C(=O)C(=O)N(CCCO)C2c2ccc(F)cc2)cc1. The molecule has 2 aromatic carbocycles. The van der Waals surface area contributed by atoms with Crippen LogP contribution in [0.3, 0.4) is 0 Å². The molecule has 0 radical (unpaired) electrons. The van der Waals surface area contributed by atoms with Gasteiger partial charge in [-0.3, -0.25) is 9.59 Å². The van der Waals surface area contributed by atoms with Crippen LogP contribution in [0.1, 0.15) is 23.6 Å². The topological polar surface area (TPSA) is 87.1 Å². The summed E-state index contributed by atoms with van der Waals surface area (Å²) in [4.78, 5) is 26.7. The highest BCUT2D eigenvalue weighted by Crippen LogP contribution is 2.39. The number of aliphatic hydroxyl groups is 2. The van der Waals surface area contributed by atoms with Crippen LogP contribution in [0.5, 0.6) is 5.75 Å². The number of nitrogens with zero attached hydrogens (tertiary/aromatic N) is 1. The first-order valence-corrected chi connectivity index (χ1v) is 9.46. The fraction of sp³-hybridized carbons (Fsp3) is 0.217. The van der Waals surface area contributed by atoms with Crippen molar-refractivity contribution in [2.75, 3.05) is 19.8 Å². The van der Waals surface area contributed by atoms with Crippen molar-refractivity contribution in [3.63, 3.8) is 0 Å². The van der Waals surface area contributed by atoms with Gasteiger partial charge in [-0.2, -0.15) is 0 Å². The molecule has 1 atom stereocenters. The number of amides is 1. The maximum absolute atomic E-state index is 13.4. The lowest BCUT2D eigenvalue weighted by molar-refractivity contribution is -0.140. The number of carbonyl (C=O) groups excluding carboxylic acids is 2. The van der Waals surface area contributed by atoms with Crippen molar-refractivity contribution in [1.82, 2.24) is 4.90 Å². The Kier molecular flexibility index (Phi) is 6.64. The van der Waals surface area contributed by atoms with Crippen LogP contribution in [-0.4, -0.2) is 46.6 Å². The molecule has 1 fully saturated rings. The summed E-state index contributed by atoms with van der Waals surface area (Å²) < 4.78 is 18.8. The second-order valence-electron chi connectivity index (χ2n) is 6.75. The van der Waals surface area contributed by atoms with Crippen molar-refractivity contribution in [3.8, 4) is 5.75 Å². The molecule has 6 nitrogen and oxygen atoms in total.